The molecule has 3 fully saturated rings. The van der Waals surface area contributed by atoms with Gasteiger partial charge >= 0.3 is 5.97 Å². The zero-order valence-electron chi connectivity index (χ0n) is 22.8. The Bertz CT molecular complexity index is 1180. The zero-order valence-corrected chi connectivity index (χ0v) is 23.6. The number of carboxylic acid groups (broad SMARTS) is 1. The maximum Gasteiger partial charge on any atom is 0.353 e. The number of nitrogens with two attached hydrogens (primary N) is 1. The normalized spacial score (nSPS) is 32.4. The van der Waals surface area contributed by atoms with Gasteiger partial charge in [-0.2, -0.15) is 0 Å². The van der Waals surface area contributed by atoms with Crippen LogP contribution in [0.25, 0.3) is 0 Å². The Labute approximate surface area is 236 Å². The molecule has 2 amide bonds. The predicted octanol–water partition coefficient (Wildman–Crippen LogP) is -1.06. The number of Topliss-reactive ketones (excluding diaryl/α,β-unsaturated/α-hetero) is 1. The number of nitrogens with one attached hydrogen (secondary N) is 1. The third-order valence-corrected chi connectivity index (χ3v) is 10.2. The Morgan fingerprint density at radius 2 is 2.10 bits per heavy atom. The highest BCUT2D eigenvalue weighted by Crippen LogP contribution is 2.53. The van der Waals surface area contributed by atoms with E-state index in [2.05, 4.69) is 20.8 Å². The van der Waals surface area contributed by atoms with Crippen LogP contribution in [0.15, 0.2) is 16.9 Å². The number of tetrazole rings is 1. The van der Waals surface area contributed by atoms with Crippen LogP contribution in [-0.4, -0.2) is 115 Å². The number of aromatic nitrogens is 4. The first-order valence-electron chi connectivity index (χ1n) is 13.6. The van der Waals surface area contributed by atoms with Gasteiger partial charge in [0, 0.05) is 55.2 Å². The Morgan fingerprint density at radius 1 is 1.32 bits per heavy atom. The summed E-state index contributed by atoms with van der Waals surface area (Å²) in [5, 5.41) is 24.1. The van der Waals surface area contributed by atoms with Gasteiger partial charge in [-0.05, 0) is 29.3 Å². The van der Waals surface area contributed by atoms with Crippen LogP contribution in [-0.2, 0) is 30.5 Å². The summed E-state index contributed by atoms with van der Waals surface area (Å²) in [4.78, 5) is 55.2. The number of likely N-dealkylation sites (tertiary alicyclic amines) is 1. The van der Waals surface area contributed by atoms with E-state index in [-0.39, 0.29) is 77.5 Å². The van der Waals surface area contributed by atoms with Gasteiger partial charge in [0.25, 0.3) is 0 Å². The largest absolute Gasteiger partial charge is 0.477 e. The average Bonchev–Trinajstić information content (AvgIpc) is 3.71. The SMILES string of the molecule is COC1CN(C(=O)C2C[C@H](SC3=C(C(=O)O)N4C(=O)[C@H]([C@@H](C)CC(=O)Cn5cnnn5)[C@H]4[C@H]3C)CN2)CC1CN. The molecular weight excluding hydrogens is 540 g/mol. The molecule has 4 aliphatic rings. The summed E-state index contributed by atoms with van der Waals surface area (Å²) in [5.74, 6) is -2.29. The lowest BCUT2D eigenvalue weighted by Gasteiger charge is -2.47. The molecule has 5 rings (SSSR count). The standard InChI is InChI=1S/C25H36N8O6S/c1-12(4-15(34)9-32-11-28-29-30-32)19-20-13(2)22(21(25(37)38)33(20)24(19)36)40-16-5-17(27-7-16)23(35)31-8-14(6-26)18(10-31)39-3/h11-14,16-20,27H,4-10,26H2,1-3H3,(H,37,38)/t12-,13+,14?,16-,17?,18?,19+,20+/m0/s1. The number of carbonyl (C=O) groups excluding carboxylic acids is 3. The number of carbonyl (C=O) groups is 4. The van der Waals surface area contributed by atoms with Crippen molar-refractivity contribution in [3.05, 3.63) is 16.9 Å². The molecule has 14 nitrogen and oxygen atoms in total. The van der Waals surface area contributed by atoms with Gasteiger partial charge in [-0.15, -0.1) is 16.9 Å². The summed E-state index contributed by atoms with van der Waals surface area (Å²) in [5.41, 5.74) is 5.88. The molecule has 5 heterocycles. The van der Waals surface area contributed by atoms with Crippen LogP contribution in [0.1, 0.15) is 26.7 Å². The van der Waals surface area contributed by atoms with Crippen molar-refractivity contribution in [1.82, 2.24) is 35.3 Å². The van der Waals surface area contributed by atoms with Gasteiger partial charge in [0.15, 0.2) is 5.78 Å². The fraction of sp³-hybridized carbons (Fsp3) is 0.720. The van der Waals surface area contributed by atoms with E-state index in [0.29, 0.717) is 37.5 Å². The second-order valence-electron chi connectivity index (χ2n) is 11.2. The van der Waals surface area contributed by atoms with Crippen molar-refractivity contribution in [3.8, 4) is 0 Å². The number of fused-ring (bicyclic) bond motifs is 1. The van der Waals surface area contributed by atoms with Crippen LogP contribution in [0, 0.1) is 23.7 Å². The Morgan fingerprint density at radius 3 is 2.73 bits per heavy atom. The number of ether oxygens (including phenoxy) is 1. The molecule has 15 heteroatoms. The number of carboxylic acids is 1. The quantitative estimate of drug-likeness (QED) is 0.272. The van der Waals surface area contributed by atoms with E-state index >= 15 is 0 Å². The number of aliphatic carboxylic acids is 1. The minimum absolute atomic E-state index is 0.00670. The molecule has 3 saturated heterocycles. The van der Waals surface area contributed by atoms with Gasteiger partial charge < -0.3 is 30.7 Å². The first-order valence-corrected chi connectivity index (χ1v) is 14.5. The van der Waals surface area contributed by atoms with E-state index in [9.17, 15) is 24.3 Å². The van der Waals surface area contributed by atoms with Crippen molar-refractivity contribution in [1.29, 1.82) is 0 Å². The minimum atomic E-state index is -1.14. The fourth-order valence-corrected chi connectivity index (χ4v) is 8.13. The molecule has 40 heavy (non-hydrogen) atoms. The summed E-state index contributed by atoms with van der Waals surface area (Å²) in [6, 6.07) is -0.678. The van der Waals surface area contributed by atoms with E-state index in [1.165, 1.54) is 27.7 Å². The highest BCUT2D eigenvalue weighted by molar-refractivity contribution is 8.03. The molecule has 0 aromatic carbocycles. The van der Waals surface area contributed by atoms with Crippen LogP contribution in [0.3, 0.4) is 0 Å². The molecule has 4 N–H and O–H groups in total. The first-order chi connectivity index (χ1) is 19.1. The highest BCUT2D eigenvalue weighted by atomic mass is 32.2. The van der Waals surface area contributed by atoms with Gasteiger partial charge in [0.2, 0.25) is 11.8 Å². The lowest BCUT2D eigenvalue weighted by Crippen LogP contribution is -2.62. The molecule has 1 aromatic heterocycles. The second kappa shape index (κ2) is 11.5. The monoisotopic (exact) mass is 576 g/mol. The Hall–Kier alpha value is -2.88. The molecular formula is C25H36N8O6S. The van der Waals surface area contributed by atoms with E-state index in [1.54, 1.807) is 12.0 Å². The van der Waals surface area contributed by atoms with Crippen molar-refractivity contribution in [2.24, 2.45) is 29.4 Å². The smallest absolute Gasteiger partial charge is 0.353 e. The summed E-state index contributed by atoms with van der Waals surface area (Å²) in [6.07, 6.45) is 2.01. The summed E-state index contributed by atoms with van der Waals surface area (Å²) < 4.78 is 6.84. The Balaban J connectivity index is 1.22. The highest BCUT2D eigenvalue weighted by Gasteiger charge is 2.60. The van der Waals surface area contributed by atoms with Crippen molar-refractivity contribution in [2.45, 2.75) is 56.7 Å². The van der Waals surface area contributed by atoms with Crippen molar-refractivity contribution in [3.63, 3.8) is 0 Å². The topological polar surface area (TPSA) is 186 Å². The number of hydrogen-bond donors (Lipinski definition) is 3. The van der Waals surface area contributed by atoms with Crippen LogP contribution in [0.5, 0.6) is 0 Å². The van der Waals surface area contributed by atoms with Crippen LogP contribution in [0.2, 0.25) is 0 Å². The van der Waals surface area contributed by atoms with E-state index < -0.39 is 11.9 Å². The zero-order chi connectivity index (χ0) is 28.7. The summed E-state index contributed by atoms with van der Waals surface area (Å²) in [6.45, 7) is 5.89. The number of nitrogens with zero attached hydrogens (tertiary/aromatic N) is 6. The van der Waals surface area contributed by atoms with E-state index in [1.807, 2.05) is 13.8 Å². The molecule has 218 valence electrons. The molecule has 8 atom stereocenters. The van der Waals surface area contributed by atoms with Crippen molar-refractivity contribution >= 4 is 35.3 Å². The van der Waals surface area contributed by atoms with Crippen LogP contribution >= 0.6 is 11.8 Å². The number of rotatable bonds is 11. The van der Waals surface area contributed by atoms with E-state index in [4.69, 9.17) is 10.5 Å². The van der Waals surface area contributed by atoms with Crippen molar-refractivity contribution in [2.75, 3.05) is 33.3 Å². The average molecular weight is 577 g/mol. The molecule has 0 aliphatic carbocycles. The molecule has 0 bridgehead atoms. The molecule has 0 radical (unpaired) electrons. The third kappa shape index (κ3) is 5.15. The Kier molecular flexibility index (Phi) is 8.27. The number of amides is 2. The second-order valence-corrected chi connectivity index (χ2v) is 12.6. The van der Waals surface area contributed by atoms with Gasteiger partial charge in [0.05, 0.1) is 24.1 Å². The molecule has 1 aromatic rings. The first kappa shape index (κ1) is 28.6. The minimum Gasteiger partial charge on any atom is -0.477 e. The number of ketones is 1. The number of thioether (sulfide) groups is 1. The third-order valence-electron chi connectivity index (χ3n) is 8.66. The van der Waals surface area contributed by atoms with Gasteiger partial charge in [-0.25, -0.2) is 9.48 Å². The fourth-order valence-electron chi connectivity index (χ4n) is 6.65. The van der Waals surface area contributed by atoms with Crippen LogP contribution in [0.4, 0.5) is 0 Å². The summed E-state index contributed by atoms with van der Waals surface area (Å²) in [7, 11) is 1.63. The van der Waals surface area contributed by atoms with Gasteiger partial charge in [0.1, 0.15) is 18.6 Å². The lowest BCUT2D eigenvalue weighted by atomic mass is 9.73. The predicted molar refractivity (Wildman–Crippen MR) is 142 cm³/mol. The molecule has 0 spiro atoms. The lowest BCUT2D eigenvalue weighted by molar-refractivity contribution is -0.160. The number of methoxy groups -OCH3 is 1. The maximum atomic E-state index is 13.2. The van der Waals surface area contributed by atoms with Gasteiger partial charge in [-0.1, -0.05) is 13.8 Å². The molecule has 4 aliphatic heterocycles. The number of β-lactam (4-membered cyclic amide) rings is 1. The van der Waals surface area contributed by atoms with E-state index in [0.717, 1.165) is 0 Å². The van der Waals surface area contributed by atoms with Crippen molar-refractivity contribution < 1.29 is 29.0 Å². The van der Waals surface area contributed by atoms with Gasteiger partial charge in [-0.3, -0.25) is 14.4 Å². The maximum absolute atomic E-state index is 13.2. The molecule has 3 unspecified atom stereocenters. The molecule has 0 saturated carbocycles. The van der Waals surface area contributed by atoms with Crippen LogP contribution < -0.4 is 11.1 Å². The summed E-state index contributed by atoms with van der Waals surface area (Å²) >= 11 is 1.45. The number of hydrogen-bond acceptors (Lipinski definition) is 11.